The van der Waals surface area contributed by atoms with Crippen LogP contribution in [0.3, 0.4) is 0 Å². The lowest BCUT2D eigenvalue weighted by Crippen LogP contribution is -2.39. The zero-order valence-corrected chi connectivity index (χ0v) is 19.3. The van der Waals surface area contributed by atoms with Crippen LogP contribution in [0.15, 0.2) is 29.3 Å². The van der Waals surface area contributed by atoms with Crippen molar-refractivity contribution in [2.75, 3.05) is 19.6 Å². The van der Waals surface area contributed by atoms with Crippen molar-refractivity contribution < 1.29 is 4.79 Å². The highest BCUT2D eigenvalue weighted by atomic mass is 127. The Bertz CT molecular complexity index is 584. The van der Waals surface area contributed by atoms with Crippen LogP contribution in [0.1, 0.15) is 57.6 Å². The highest BCUT2D eigenvalue weighted by molar-refractivity contribution is 14.0. The number of hydrogen-bond acceptors (Lipinski definition) is 2. The Morgan fingerprint density at radius 2 is 1.78 bits per heavy atom. The number of carbonyl (C=O) groups excluding carboxylic acids is 1. The Labute approximate surface area is 181 Å². The van der Waals surface area contributed by atoms with Crippen molar-refractivity contribution in [3.63, 3.8) is 0 Å². The van der Waals surface area contributed by atoms with Crippen LogP contribution in [-0.4, -0.2) is 36.4 Å². The van der Waals surface area contributed by atoms with Gasteiger partial charge in [-0.05, 0) is 30.4 Å². The summed E-state index contributed by atoms with van der Waals surface area (Å²) in [6.07, 6.45) is 4.06. The fourth-order valence-electron chi connectivity index (χ4n) is 3.17. The third-order valence-electron chi connectivity index (χ3n) is 5.04. The zero-order valence-electron chi connectivity index (χ0n) is 17.0. The van der Waals surface area contributed by atoms with Gasteiger partial charge in [0.2, 0.25) is 5.91 Å². The summed E-state index contributed by atoms with van der Waals surface area (Å²) < 4.78 is 0. The van der Waals surface area contributed by atoms with E-state index in [4.69, 9.17) is 4.99 Å². The largest absolute Gasteiger partial charge is 0.357 e. The van der Waals surface area contributed by atoms with E-state index < -0.39 is 0 Å². The predicted octanol–water partition coefficient (Wildman–Crippen LogP) is 3.92. The van der Waals surface area contributed by atoms with Crippen molar-refractivity contribution in [3.05, 3.63) is 35.4 Å². The maximum atomic E-state index is 11.7. The topological polar surface area (TPSA) is 56.7 Å². The molecule has 1 heterocycles. The summed E-state index contributed by atoms with van der Waals surface area (Å²) in [7, 11) is 0. The molecular formula is C21H35IN4O. The number of halogens is 1. The van der Waals surface area contributed by atoms with Gasteiger partial charge in [0, 0.05) is 32.6 Å². The fraction of sp³-hybridized carbons (Fsp3) is 0.619. The molecule has 0 saturated carbocycles. The van der Waals surface area contributed by atoms with Gasteiger partial charge in [-0.2, -0.15) is 0 Å². The number of benzene rings is 1. The first-order chi connectivity index (χ1) is 12.7. The molecule has 1 amide bonds. The molecule has 6 heteroatoms. The molecule has 1 aliphatic heterocycles. The Balaban J connectivity index is 0.00000364. The lowest BCUT2D eigenvalue weighted by molar-refractivity contribution is -0.128. The average molecular weight is 486 g/mol. The van der Waals surface area contributed by atoms with E-state index in [1.165, 1.54) is 24.0 Å². The van der Waals surface area contributed by atoms with Crippen molar-refractivity contribution in [1.82, 2.24) is 15.5 Å². The third-order valence-corrected chi connectivity index (χ3v) is 5.04. The van der Waals surface area contributed by atoms with Crippen LogP contribution in [0.2, 0.25) is 0 Å². The molecule has 0 aliphatic carbocycles. The minimum Gasteiger partial charge on any atom is -0.357 e. The molecule has 0 bridgehead atoms. The molecule has 2 rings (SSSR count). The molecule has 0 spiro atoms. The number of aliphatic imine (C=N–C) groups is 1. The Morgan fingerprint density at radius 3 is 2.33 bits per heavy atom. The molecule has 1 aliphatic rings. The van der Waals surface area contributed by atoms with Gasteiger partial charge in [-0.25, -0.2) is 4.99 Å². The minimum atomic E-state index is 0. The van der Waals surface area contributed by atoms with E-state index in [1.54, 1.807) is 0 Å². The first kappa shape index (κ1) is 23.7. The summed E-state index contributed by atoms with van der Waals surface area (Å²) in [5.74, 6) is 1.84. The molecule has 0 aromatic heterocycles. The van der Waals surface area contributed by atoms with Crippen LogP contribution in [-0.2, 0) is 17.9 Å². The van der Waals surface area contributed by atoms with Gasteiger partial charge in [0.1, 0.15) is 0 Å². The maximum Gasteiger partial charge on any atom is 0.222 e. The van der Waals surface area contributed by atoms with Crippen molar-refractivity contribution in [1.29, 1.82) is 0 Å². The van der Waals surface area contributed by atoms with Gasteiger partial charge in [-0.3, -0.25) is 4.79 Å². The third kappa shape index (κ3) is 8.07. The summed E-state index contributed by atoms with van der Waals surface area (Å²) in [5.41, 5.74) is 2.37. The molecule has 1 saturated heterocycles. The number of nitrogens with one attached hydrogen (secondary N) is 2. The van der Waals surface area contributed by atoms with Crippen LogP contribution in [0.4, 0.5) is 0 Å². The van der Waals surface area contributed by atoms with E-state index in [0.29, 0.717) is 18.9 Å². The smallest absolute Gasteiger partial charge is 0.222 e. The molecule has 0 atom stereocenters. The first-order valence-electron chi connectivity index (χ1n) is 10.0. The molecule has 0 radical (unpaired) electrons. The van der Waals surface area contributed by atoms with Gasteiger partial charge in [0.25, 0.3) is 0 Å². The number of guanidine groups is 1. The number of rotatable bonds is 9. The van der Waals surface area contributed by atoms with E-state index in [-0.39, 0.29) is 29.9 Å². The van der Waals surface area contributed by atoms with Crippen LogP contribution < -0.4 is 10.6 Å². The van der Waals surface area contributed by atoms with Gasteiger partial charge < -0.3 is 15.5 Å². The van der Waals surface area contributed by atoms with E-state index in [2.05, 4.69) is 55.7 Å². The lowest BCUT2D eigenvalue weighted by atomic mass is 10.0. The lowest BCUT2D eigenvalue weighted by Gasteiger charge is -2.17. The summed E-state index contributed by atoms with van der Waals surface area (Å²) in [5, 5.41) is 6.77. The van der Waals surface area contributed by atoms with Crippen LogP contribution in [0, 0.1) is 5.92 Å². The van der Waals surface area contributed by atoms with E-state index >= 15 is 0 Å². The van der Waals surface area contributed by atoms with Crippen molar-refractivity contribution in [3.8, 4) is 0 Å². The molecule has 27 heavy (non-hydrogen) atoms. The van der Waals surface area contributed by atoms with Crippen LogP contribution in [0.5, 0.6) is 0 Å². The Kier molecular flexibility index (Phi) is 11.4. The molecule has 5 nitrogen and oxygen atoms in total. The quantitative estimate of drug-likeness (QED) is 0.316. The van der Waals surface area contributed by atoms with Gasteiger partial charge in [-0.15, -0.1) is 24.0 Å². The summed E-state index contributed by atoms with van der Waals surface area (Å²) in [6.45, 7) is 10.6. The summed E-state index contributed by atoms with van der Waals surface area (Å²) in [6, 6.07) is 8.45. The molecule has 0 unspecified atom stereocenters. The number of nitrogens with zero attached hydrogens (tertiary/aromatic N) is 2. The number of hydrogen-bond donors (Lipinski definition) is 2. The normalized spacial score (nSPS) is 14.4. The molecule has 1 aromatic rings. The SMILES string of the molecule is CCNC(=NCc1ccc(CN2CCCC2=O)cc1)NCC(CC)CC.I. The summed E-state index contributed by atoms with van der Waals surface area (Å²) in [4.78, 5) is 18.4. The average Bonchev–Trinajstić information content (AvgIpc) is 3.06. The Hall–Kier alpha value is -1.31. The molecule has 1 fully saturated rings. The van der Waals surface area contributed by atoms with Crippen LogP contribution >= 0.6 is 24.0 Å². The fourth-order valence-corrected chi connectivity index (χ4v) is 3.17. The summed E-state index contributed by atoms with van der Waals surface area (Å²) >= 11 is 0. The van der Waals surface area contributed by atoms with Gasteiger partial charge in [0.05, 0.1) is 6.54 Å². The minimum absolute atomic E-state index is 0. The number of likely N-dealkylation sites (tertiary alicyclic amines) is 1. The van der Waals surface area contributed by atoms with Crippen LogP contribution in [0.25, 0.3) is 0 Å². The highest BCUT2D eigenvalue weighted by Gasteiger charge is 2.19. The second-order valence-electron chi connectivity index (χ2n) is 6.99. The second kappa shape index (κ2) is 13.0. The van der Waals surface area contributed by atoms with E-state index in [9.17, 15) is 4.79 Å². The predicted molar refractivity (Wildman–Crippen MR) is 123 cm³/mol. The first-order valence-corrected chi connectivity index (χ1v) is 10.0. The van der Waals surface area contributed by atoms with Gasteiger partial charge in [0.15, 0.2) is 5.96 Å². The van der Waals surface area contributed by atoms with Crippen molar-refractivity contribution in [2.45, 2.75) is 59.5 Å². The van der Waals surface area contributed by atoms with Crippen molar-refractivity contribution in [2.24, 2.45) is 10.9 Å². The van der Waals surface area contributed by atoms with Gasteiger partial charge >= 0.3 is 0 Å². The van der Waals surface area contributed by atoms with Crippen molar-refractivity contribution >= 4 is 35.8 Å². The monoisotopic (exact) mass is 486 g/mol. The number of amides is 1. The maximum absolute atomic E-state index is 11.7. The van der Waals surface area contributed by atoms with E-state index in [1.807, 2.05) is 4.90 Å². The Morgan fingerprint density at radius 1 is 1.11 bits per heavy atom. The highest BCUT2D eigenvalue weighted by Crippen LogP contribution is 2.15. The van der Waals surface area contributed by atoms with Gasteiger partial charge in [-0.1, -0.05) is 51.0 Å². The number of carbonyl (C=O) groups is 1. The zero-order chi connectivity index (χ0) is 18.8. The standard InChI is InChI=1S/C21H34N4O.HI/c1-4-17(5-2)14-23-21(22-6-3)24-15-18-9-11-19(12-10-18)16-25-13-7-8-20(25)26;/h9-12,17H,4-8,13-16H2,1-3H3,(H2,22,23,24);1H. The second-order valence-corrected chi connectivity index (χ2v) is 6.99. The molecule has 1 aromatic carbocycles. The molecule has 152 valence electrons. The molecule has 2 N–H and O–H groups in total. The molecular weight excluding hydrogens is 451 g/mol. The van der Waals surface area contributed by atoms with E-state index in [0.717, 1.165) is 38.6 Å².